The zero-order valence-corrected chi connectivity index (χ0v) is 15.8. The van der Waals surface area contributed by atoms with E-state index in [1.165, 1.54) is 10.4 Å². The first-order valence-corrected chi connectivity index (χ1v) is 8.77. The fourth-order valence-electron chi connectivity index (χ4n) is 2.70. The van der Waals surface area contributed by atoms with Gasteiger partial charge in [-0.15, -0.1) is 15.0 Å². The zero-order chi connectivity index (χ0) is 19.6. The quantitative estimate of drug-likeness (QED) is 0.551. The number of phenolic OH excluding ortho intramolecular Hbond substituents is 1. The minimum absolute atomic E-state index is 0.0168. The predicted molar refractivity (Wildman–Crippen MR) is 104 cm³/mol. The Bertz CT molecular complexity index is 1000. The molecule has 6 heteroatoms. The fourth-order valence-corrected chi connectivity index (χ4v) is 2.70. The Morgan fingerprint density at radius 3 is 2.63 bits per heavy atom. The van der Waals surface area contributed by atoms with Gasteiger partial charge < -0.3 is 9.84 Å². The largest absolute Gasteiger partial charge is 0.506 e. The van der Waals surface area contributed by atoms with Crippen molar-refractivity contribution in [3.63, 3.8) is 0 Å². The van der Waals surface area contributed by atoms with Gasteiger partial charge in [0.25, 0.3) is 0 Å². The van der Waals surface area contributed by atoms with Crippen LogP contribution in [0.4, 0.5) is 0 Å². The third kappa shape index (κ3) is 4.16. The number of hydrogen-bond acceptors (Lipinski definition) is 5. The molecule has 2 aromatic carbocycles. The van der Waals surface area contributed by atoms with Crippen LogP contribution in [0.15, 0.2) is 49.1 Å². The molecular formula is C21H23N3O3. The van der Waals surface area contributed by atoms with Gasteiger partial charge in [0.1, 0.15) is 22.5 Å². The molecule has 0 saturated heterocycles. The number of hydrogen-bond donors (Lipinski definition) is 1. The molecule has 0 bridgehead atoms. The Morgan fingerprint density at radius 2 is 1.93 bits per heavy atom. The molecule has 3 rings (SSSR count). The van der Waals surface area contributed by atoms with Gasteiger partial charge in [-0.25, -0.2) is 4.79 Å². The van der Waals surface area contributed by atoms with Crippen LogP contribution in [0.5, 0.6) is 5.75 Å². The number of phenols is 1. The van der Waals surface area contributed by atoms with Crippen molar-refractivity contribution in [3.8, 4) is 11.4 Å². The number of nitrogens with zero attached hydrogens (tertiary/aromatic N) is 3. The molecule has 0 spiro atoms. The highest BCUT2D eigenvalue weighted by atomic mass is 16.5. The van der Waals surface area contributed by atoms with Crippen molar-refractivity contribution in [1.82, 2.24) is 15.0 Å². The minimum Gasteiger partial charge on any atom is -0.506 e. The predicted octanol–water partition coefficient (Wildman–Crippen LogP) is 3.70. The van der Waals surface area contributed by atoms with Crippen LogP contribution in [0.2, 0.25) is 0 Å². The van der Waals surface area contributed by atoms with E-state index in [0.29, 0.717) is 12.1 Å². The third-order valence-corrected chi connectivity index (χ3v) is 4.30. The topological polar surface area (TPSA) is 77.2 Å². The molecule has 0 fully saturated rings. The van der Waals surface area contributed by atoms with Gasteiger partial charge in [0.2, 0.25) is 0 Å². The number of carbonyl (C=O) groups is 1. The number of aromatic hydroxyl groups is 1. The Labute approximate surface area is 158 Å². The minimum atomic E-state index is -0.455. The molecule has 0 unspecified atom stereocenters. The standard InChI is InChI=1S/C21H23N3O3/c1-5-20(26)27-11-10-14-6-9-19(25)18(12-14)24-22-16-8-7-15(21(2,3)4)13-17(16)23-24/h5-9,12-13,25H,1,10-11H2,2-4H3. The highest BCUT2D eigenvalue weighted by Crippen LogP contribution is 2.27. The summed E-state index contributed by atoms with van der Waals surface area (Å²) in [7, 11) is 0. The Morgan fingerprint density at radius 1 is 1.19 bits per heavy atom. The molecule has 6 nitrogen and oxygen atoms in total. The van der Waals surface area contributed by atoms with Crippen LogP contribution in [-0.2, 0) is 21.4 Å². The van der Waals surface area contributed by atoms with Gasteiger partial charge in [0.15, 0.2) is 0 Å². The molecule has 3 aromatic rings. The summed E-state index contributed by atoms with van der Waals surface area (Å²) < 4.78 is 5.01. The second-order valence-corrected chi connectivity index (χ2v) is 7.39. The zero-order valence-electron chi connectivity index (χ0n) is 15.8. The molecule has 0 aliphatic rings. The van der Waals surface area contributed by atoms with Gasteiger partial charge in [-0.2, -0.15) is 0 Å². The van der Waals surface area contributed by atoms with Gasteiger partial charge >= 0.3 is 5.97 Å². The smallest absolute Gasteiger partial charge is 0.330 e. The molecule has 1 heterocycles. The lowest BCUT2D eigenvalue weighted by molar-refractivity contribution is -0.137. The van der Waals surface area contributed by atoms with Crippen molar-refractivity contribution >= 4 is 17.0 Å². The number of rotatable bonds is 5. The maximum Gasteiger partial charge on any atom is 0.330 e. The summed E-state index contributed by atoms with van der Waals surface area (Å²) >= 11 is 0. The van der Waals surface area contributed by atoms with E-state index in [2.05, 4.69) is 37.5 Å². The molecule has 140 valence electrons. The van der Waals surface area contributed by atoms with E-state index in [0.717, 1.165) is 22.7 Å². The van der Waals surface area contributed by atoms with Gasteiger partial charge in [0, 0.05) is 12.5 Å². The van der Waals surface area contributed by atoms with Crippen LogP contribution in [-0.4, -0.2) is 32.7 Å². The van der Waals surface area contributed by atoms with E-state index in [1.54, 1.807) is 18.2 Å². The summed E-state index contributed by atoms with van der Waals surface area (Å²) in [6, 6.07) is 11.2. The van der Waals surface area contributed by atoms with Crippen LogP contribution in [0.1, 0.15) is 31.9 Å². The van der Waals surface area contributed by atoms with E-state index < -0.39 is 5.97 Å². The van der Waals surface area contributed by atoms with Crippen molar-refractivity contribution < 1.29 is 14.6 Å². The van der Waals surface area contributed by atoms with Gasteiger partial charge in [0.05, 0.1) is 6.61 Å². The van der Waals surface area contributed by atoms with E-state index >= 15 is 0 Å². The lowest BCUT2D eigenvalue weighted by Crippen LogP contribution is -2.10. The molecule has 1 aromatic heterocycles. The number of benzene rings is 2. The van der Waals surface area contributed by atoms with Crippen LogP contribution in [0.3, 0.4) is 0 Å². The lowest BCUT2D eigenvalue weighted by atomic mass is 9.87. The molecule has 0 atom stereocenters. The maximum atomic E-state index is 11.1. The summed E-state index contributed by atoms with van der Waals surface area (Å²) in [5, 5.41) is 19.3. The lowest BCUT2D eigenvalue weighted by Gasteiger charge is -2.18. The molecule has 0 amide bonds. The van der Waals surface area contributed by atoms with Crippen LogP contribution < -0.4 is 0 Å². The average molecular weight is 365 g/mol. The number of esters is 1. The first kappa shape index (κ1) is 18.6. The molecule has 0 aliphatic carbocycles. The molecular weight excluding hydrogens is 342 g/mol. The van der Waals surface area contributed by atoms with Gasteiger partial charge in [-0.1, -0.05) is 39.5 Å². The normalized spacial score (nSPS) is 11.5. The monoisotopic (exact) mass is 365 g/mol. The molecule has 0 aliphatic heterocycles. The van der Waals surface area contributed by atoms with Crippen molar-refractivity contribution in [2.75, 3.05) is 6.61 Å². The van der Waals surface area contributed by atoms with E-state index in [4.69, 9.17) is 4.74 Å². The summed E-state index contributed by atoms with van der Waals surface area (Å²) in [5.74, 6) is -0.373. The van der Waals surface area contributed by atoms with E-state index in [1.807, 2.05) is 18.2 Å². The van der Waals surface area contributed by atoms with Crippen LogP contribution in [0, 0.1) is 0 Å². The van der Waals surface area contributed by atoms with Crippen molar-refractivity contribution in [1.29, 1.82) is 0 Å². The van der Waals surface area contributed by atoms with E-state index in [-0.39, 0.29) is 17.8 Å². The Balaban J connectivity index is 1.90. The Kier molecular flexibility index (Phi) is 4.99. The number of aromatic nitrogens is 3. The van der Waals surface area contributed by atoms with Crippen molar-refractivity contribution in [2.24, 2.45) is 0 Å². The maximum absolute atomic E-state index is 11.1. The number of ether oxygens (including phenoxy) is 1. The van der Waals surface area contributed by atoms with Gasteiger partial charge in [-0.3, -0.25) is 0 Å². The number of carbonyl (C=O) groups excluding carboxylic acids is 1. The van der Waals surface area contributed by atoms with E-state index in [9.17, 15) is 9.90 Å². The molecule has 0 saturated carbocycles. The number of fused-ring (bicyclic) bond motifs is 1. The van der Waals surface area contributed by atoms with Gasteiger partial charge in [-0.05, 0) is 40.8 Å². The summed E-state index contributed by atoms with van der Waals surface area (Å²) in [5.41, 5.74) is 4.10. The molecule has 27 heavy (non-hydrogen) atoms. The second kappa shape index (κ2) is 7.23. The first-order chi connectivity index (χ1) is 12.8. The van der Waals surface area contributed by atoms with Crippen LogP contribution >= 0.6 is 0 Å². The van der Waals surface area contributed by atoms with Crippen LogP contribution in [0.25, 0.3) is 16.7 Å². The molecule has 0 radical (unpaired) electrons. The van der Waals surface area contributed by atoms with Crippen molar-refractivity contribution in [3.05, 3.63) is 60.2 Å². The summed E-state index contributed by atoms with van der Waals surface area (Å²) in [6.45, 7) is 10.0. The third-order valence-electron chi connectivity index (χ3n) is 4.30. The average Bonchev–Trinajstić information content (AvgIpc) is 3.05. The van der Waals surface area contributed by atoms with Crippen molar-refractivity contribution in [2.45, 2.75) is 32.6 Å². The molecule has 1 N–H and O–H groups in total. The fraction of sp³-hybridized carbons (Fsp3) is 0.286. The SMILES string of the molecule is C=CC(=O)OCCc1ccc(O)c(-n2nc3ccc(C(C)(C)C)cc3n2)c1. The summed E-state index contributed by atoms with van der Waals surface area (Å²) in [4.78, 5) is 12.6. The Hall–Kier alpha value is -3.15. The first-order valence-electron chi connectivity index (χ1n) is 8.77. The second-order valence-electron chi connectivity index (χ2n) is 7.39. The highest BCUT2D eigenvalue weighted by Gasteiger charge is 2.16. The summed E-state index contributed by atoms with van der Waals surface area (Å²) in [6.07, 6.45) is 1.65. The highest BCUT2D eigenvalue weighted by molar-refractivity contribution is 5.81.